The van der Waals surface area contributed by atoms with E-state index in [1.165, 1.54) is 4.90 Å². The number of hydrogen-bond donors (Lipinski definition) is 1. The second kappa shape index (κ2) is 8.92. The molecule has 0 aliphatic carbocycles. The monoisotopic (exact) mass is 497 g/mol. The number of halogens is 1. The third-order valence-electron chi connectivity index (χ3n) is 5.52. The molecule has 166 valence electrons. The van der Waals surface area contributed by atoms with Crippen LogP contribution in [0.4, 0.5) is 0 Å². The molecule has 1 aromatic heterocycles. The van der Waals surface area contributed by atoms with Gasteiger partial charge in [0.25, 0.3) is 5.91 Å². The number of benzene rings is 2. The van der Waals surface area contributed by atoms with Gasteiger partial charge in [0.1, 0.15) is 5.58 Å². The fourth-order valence-corrected chi connectivity index (χ4v) is 4.36. The van der Waals surface area contributed by atoms with E-state index in [-0.39, 0.29) is 24.0 Å². The summed E-state index contributed by atoms with van der Waals surface area (Å²) in [6.07, 6.45) is 0.00199. The molecule has 0 saturated heterocycles. The Morgan fingerprint density at radius 1 is 1.22 bits per heavy atom. The van der Waals surface area contributed by atoms with Crippen molar-refractivity contribution < 1.29 is 23.8 Å². The van der Waals surface area contributed by atoms with Gasteiger partial charge in [-0.15, -0.1) is 0 Å². The van der Waals surface area contributed by atoms with E-state index >= 15 is 0 Å². The van der Waals surface area contributed by atoms with Gasteiger partial charge in [0.05, 0.1) is 24.3 Å². The molecule has 1 aliphatic rings. The number of aliphatic hydroxyl groups excluding tert-OH is 1. The van der Waals surface area contributed by atoms with Crippen molar-refractivity contribution in [1.82, 2.24) is 4.90 Å². The number of aryl methyl sites for hydroxylation is 1. The Morgan fingerprint density at radius 3 is 2.69 bits per heavy atom. The van der Waals surface area contributed by atoms with E-state index < -0.39 is 23.5 Å². The van der Waals surface area contributed by atoms with Gasteiger partial charge in [-0.1, -0.05) is 40.2 Å². The van der Waals surface area contributed by atoms with Gasteiger partial charge in [0.15, 0.2) is 11.5 Å². The molecule has 0 bridgehead atoms. The first-order valence-electron chi connectivity index (χ1n) is 10.4. The molecular weight excluding hydrogens is 474 g/mol. The number of ketones is 1. The van der Waals surface area contributed by atoms with Crippen molar-refractivity contribution in [3.63, 3.8) is 0 Å². The average Bonchev–Trinajstić information content (AvgIpc) is 3.27. The highest BCUT2D eigenvalue weighted by atomic mass is 79.9. The number of carbonyl (C=O) groups excluding carboxylic acids is 2. The number of amides is 1. The molecule has 0 spiro atoms. The molecule has 0 saturated carbocycles. The van der Waals surface area contributed by atoms with Crippen molar-refractivity contribution in [2.24, 2.45) is 0 Å². The maximum Gasteiger partial charge on any atom is 0.290 e. The predicted octanol–water partition coefficient (Wildman–Crippen LogP) is 5.51. The molecule has 0 fully saturated rings. The van der Waals surface area contributed by atoms with Gasteiger partial charge in [-0.3, -0.25) is 9.59 Å². The van der Waals surface area contributed by atoms with Crippen LogP contribution in [-0.2, 0) is 9.53 Å². The molecule has 4 rings (SSSR count). The molecule has 3 aromatic rings. The summed E-state index contributed by atoms with van der Waals surface area (Å²) in [6, 6.07) is 13.9. The first-order valence-corrected chi connectivity index (χ1v) is 11.2. The number of Topliss-reactive ketones (excluding diaryl/α,β-unsaturated/α-hetero) is 1. The highest BCUT2D eigenvalue weighted by molar-refractivity contribution is 9.10. The third kappa shape index (κ3) is 4.10. The Hall–Kier alpha value is -2.90. The third-order valence-corrected chi connectivity index (χ3v) is 6.01. The lowest BCUT2D eigenvalue weighted by atomic mass is 9.92. The van der Waals surface area contributed by atoms with E-state index in [2.05, 4.69) is 15.9 Å². The lowest BCUT2D eigenvalue weighted by Gasteiger charge is -2.28. The van der Waals surface area contributed by atoms with Crippen molar-refractivity contribution in [2.45, 2.75) is 32.9 Å². The molecular formula is C25H24BrNO5. The summed E-state index contributed by atoms with van der Waals surface area (Å²) in [4.78, 5) is 28.1. The van der Waals surface area contributed by atoms with Crippen LogP contribution in [0.25, 0.3) is 11.0 Å². The minimum atomic E-state index is -0.730. The number of rotatable bonds is 7. The molecule has 0 radical (unpaired) electrons. The number of aliphatic hydroxyl groups is 1. The standard InChI is InChI=1S/C25H24BrNO5/c1-14(2)31-11-10-27-22(18-7-5-4-6-15(18)3)21(24(29)25(27)30)23(28)20-13-16-12-17(26)8-9-19(16)32-20/h4-9,12-14,22,29H,10-11H2,1-3H3. The fourth-order valence-electron chi connectivity index (χ4n) is 3.98. The smallest absolute Gasteiger partial charge is 0.290 e. The average molecular weight is 498 g/mol. The van der Waals surface area contributed by atoms with Crippen LogP contribution in [0.3, 0.4) is 0 Å². The van der Waals surface area contributed by atoms with E-state index in [4.69, 9.17) is 9.15 Å². The zero-order chi connectivity index (χ0) is 23.0. The largest absolute Gasteiger partial charge is 0.503 e. The minimum Gasteiger partial charge on any atom is -0.503 e. The zero-order valence-electron chi connectivity index (χ0n) is 18.1. The Balaban J connectivity index is 1.77. The Kier molecular flexibility index (Phi) is 6.22. The van der Waals surface area contributed by atoms with Gasteiger partial charge >= 0.3 is 0 Å². The van der Waals surface area contributed by atoms with Crippen molar-refractivity contribution in [3.8, 4) is 0 Å². The number of nitrogens with zero attached hydrogens (tertiary/aromatic N) is 1. The van der Waals surface area contributed by atoms with Crippen LogP contribution in [0.2, 0.25) is 0 Å². The number of fused-ring (bicyclic) bond motifs is 1. The molecule has 1 N–H and O–H groups in total. The van der Waals surface area contributed by atoms with E-state index in [1.807, 2.05) is 57.2 Å². The van der Waals surface area contributed by atoms with E-state index in [9.17, 15) is 14.7 Å². The van der Waals surface area contributed by atoms with Crippen LogP contribution in [-0.4, -0.2) is 41.0 Å². The summed E-state index contributed by atoms with van der Waals surface area (Å²) in [7, 11) is 0. The second-order valence-electron chi connectivity index (χ2n) is 8.06. The molecule has 6 nitrogen and oxygen atoms in total. The minimum absolute atomic E-state index is 0.00199. The molecule has 1 amide bonds. The summed E-state index contributed by atoms with van der Waals surface area (Å²) in [6.45, 7) is 6.27. The van der Waals surface area contributed by atoms with E-state index in [0.29, 0.717) is 12.2 Å². The van der Waals surface area contributed by atoms with Crippen LogP contribution >= 0.6 is 15.9 Å². The number of carbonyl (C=O) groups is 2. The lowest BCUT2D eigenvalue weighted by Crippen LogP contribution is -2.34. The maximum atomic E-state index is 13.5. The summed E-state index contributed by atoms with van der Waals surface area (Å²) in [5.74, 6) is -1.57. The first kappa shape index (κ1) is 22.3. The van der Waals surface area contributed by atoms with Gasteiger partial charge < -0.3 is 19.2 Å². The van der Waals surface area contributed by atoms with Crippen LogP contribution in [0.15, 0.2) is 68.8 Å². The highest BCUT2D eigenvalue weighted by Crippen LogP contribution is 2.40. The van der Waals surface area contributed by atoms with Gasteiger partial charge in [-0.2, -0.15) is 0 Å². The molecule has 2 heterocycles. The normalized spacial score (nSPS) is 16.6. The van der Waals surface area contributed by atoms with Gasteiger partial charge in [0, 0.05) is 16.4 Å². The molecule has 7 heteroatoms. The molecule has 2 aromatic carbocycles. The lowest BCUT2D eigenvalue weighted by molar-refractivity contribution is -0.130. The van der Waals surface area contributed by atoms with Gasteiger partial charge in [-0.25, -0.2) is 0 Å². The second-order valence-corrected chi connectivity index (χ2v) is 8.98. The highest BCUT2D eigenvalue weighted by Gasteiger charge is 2.44. The Labute approximate surface area is 194 Å². The SMILES string of the molecule is Cc1ccccc1C1C(C(=O)c2cc3cc(Br)ccc3o2)=C(O)C(=O)N1CCOC(C)C. The summed E-state index contributed by atoms with van der Waals surface area (Å²) in [5.41, 5.74) is 2.26. The van der Waals surface area contributed by atoms with Crippen LogP contribution in [0, 0.1) is 6.92 Å². The number of hydrogen-bond acceptors (Lipinski definition) is 5. The molecule has 32 heavy (non-hydrogen) atoms. The molecule has 1 unspecified atom stereocenters. The summed E-state index contributed by atoms with van der Waals surface area (Å²) >= 11 is 3.41. The molecule has 1 aliphatic heterocycles. The fraction of sp³-hybridized carbons (Fsp3) is 0.280. The van der Waals surface area contributed by atoms with Crippen molar-refractivity contribution in [1.29, 1.82) is 0 Å². The maximum absolute atomic E-state index is 13.5. The van der Waals surface area contributed by atoms with Gasteiger partial charge in [0.2, 0.25) is 5.78 Å². The first-order chi connectivity index (χ1) is 15.3. The van der Waals surface area contributed by atoms with Crippen LogP contribution < -0.4 is 0 Å². The van der Waals surface area contributed by atoms with Gasteiger partial charge in [-0.05, 0) is 56.2 Å². The van der Waals surface area contributed by atoms with Crippen molar-refractivity contribution in [2.75, 3.05) is 13.2 Å². The van der Waals surface area contributed by atoms with Crippen LogP contribution in [0.5, 0.6) is 0 Å². The molecule has 1 atom stereocenters. The Morgan fingerprint density at radius 2 is 1.97 bits per heavy atom. The zero-order valence-corrected chi connectivity index (χ0v) is 19.7. The summed E-state index contributed by atoms with van der Waals surface area (Å²) in [5, 5.41) is 11.5. The van der Waals surface area contributed by atoms with Crippen LogP contribution in [0.1, 0.15) is 41.6 Å². The Bertz CT molecular complexity index is 1230. The van der Waals surface area contributed by atoms with E-state index in [1.54, 1.807) is 12.1 Å². The summed E-state index contributed by atoms with van der Waals surface area (Å²) < 4.78 is 12.3. The topological polar surface area (TPSA) is 80.0 Å². The number of ether oxygens (including phenoxy) is 1. The number of furan rings is 1. The van der Waals surface area contributed by atoms with Crippen molar-refractivity contribution >= 4 is 38.6 Å². The van der Waals surface area contributed by atoms with Crippen molar-refractivity contribution in [3.05, 3.63) is 81.2 Å². The van der Waals surface area contributed by atoms with E-state index in [0.717, 1.165) is 21.0 Å². The predicted molar refractivity (Wildman–Crippen MR) is 125 cm³/mol. The quantitative estimate of drug-likeness (QED) is 0.435.